The largest absolute Gasteiger partial charge is 0.477 e. The lowest BCUT2D eigenvalue weighted by molar-refractivity contribution is -0.142. The van der Waals surface area contributed by atoms with Gasteiger partial charge in [0.2, 0.25) is 5.78 Å². The average Bonchev–Trinajstić information content (AvgIpc) is 2.99. The minimum Gasteiger partial charge on any atom is -0.477 e. The summed E-state index contributed by atoms with van der Waals surface area (Å²) in [4.78, 5) is 40.6. The summed E-state index contributed by atoms with van der Waals surface area (Å²) in [5.74, 6) is 0.172. The average molecular weight is 324 g/mol. The van der Waals surface area contributed by atoms with E-state index in [-0.39, 0.29) is 28.9 Å². The molecule has 1 rings (SSSR count). The van der Waals surface area contributed by atoms with Crippen LogP contribution < -0.4 is 0 Å². The van der Waals surface area contributed by atoms with Crippen molar-refractivity contribution in [3.63, 3.8) is 0 Å². The highest BCUT2D eigenvalue weighted by Crippen LogP contribution is 1.99. The van der Waals surface area contributed by atoms with E-state index in [4.69, 9.17) is 5.11 Å². The van der Waals surface area contributed by atoms with E-state index >= 15 is 0 Å². The van der Waals surface area contributed by atoms with Crippen LogP contribution in [0.1, 0.15) is 55.1 Å². The molecule has 0 spiro atoms. The first-order chi connectivity index (χ1) is 10.7. The Kier molecular flexibility index (Phi) is 12.4. The summed E-state index contributed by atoms with van der Waals surface area (Å²) in [6.07, 6.45) is 5.05. The monoisotopic (exact) mass is 324 g/mol. The molecule has 0 aliphatic heterocycles. The van der Waals surface area contributed by atoms with Crippen LogP contribution in [0, 0.1) is 12.3 Å². The number of nitrogens with zero attached hydrogens (tertiary/aromatic N) is 1. The normalized spacial score (nSPS) is 8.30. The number of hydrogen-bond donors (Lipinski definition) is 2. The second kappa shape index (κ2) is 12.8. The summed E-state index contributed by atoms with van der Waals surface area (Å²) in [6, 6.07) is 1.20. The van der Waals surface area contributed by atoms with Crippen LogP contribution >= 0.6 is 0 Å². The molecule has 0 radical (unpaired) electrons. The third-order valence-electron chi connectivity index (χ3n) is 1.97. The van der Waals surface area contributed by atoms with Crippen LogP contribution in [0.3, 0.4) is 0 Å². The Labute approximate surface area is 134 Å². The van der Waals surface area contributed by atoms with E-state index in [1.807, 2.05) is 5.92 Å². The van der Waals surface area contributed by atoms with E-state index in [2.05, 4.69) is 21.4 Å². The van der Waals surface area contributed by atoms with Gasteiger partial charge in [-0.2, -0.15) is 5.10 Å². The first-order valence-corrected chi connectivity index (χ1v) is 6.61. The van der Waals surface area contributed by atoms with Crippen LogP contribution in [0.15, 0.2) is 6.07 Å². The fourth-order valence-electron chi connectivity index (χ4n) is 0.875. The van der Waals surface area contributed by atoms with E-state index in [1.165, 1.54) is 19.9 Å². The van der Waals surface area contributed by atoms with Crippen molar-refractivity contribution in [1.29, 1.82) is 0 Å². The molecule has 1 heterocycles. The lowest BCUT2D eigenvalue weighted by Crippen LogP contribution is -2.00. The number of Topliss-reactive ketones (excluding diaryl/α,β-unsaturated/α-hetero) is 2. The van der Waals surface area contributed by atoms with Crippen molar-refractivity contribution in [2.75, 3.05) is 6.61 Å². The standard InChI is InChI=1S/C6H6N2O3.C5H10O2.C4H4O/c1-3(9)4-2-5(6(10)11)8-7-4;1-3-5(6)7-4-2;1-3-4(2)5/h2H,1H3,(H,7,8)(H,10,11);3-4H2,1-2H3;1H,2H3. The number of ketones is 2. The third kappa shape index (κ3) is 12.5. The zero-order chi connectivity index (χ0) is 18.4. The molecule has 1 aromatic rings. The Morgan fingerprint density at radius 1 is 1.30 bits per heavy atom. The van der Waals surface area contributed by atoms with Gasteiger partial charge in [0.25, 0.3) is 0 Å². The number of hydrogen-bond acceptors (Lipinski definition) is 6. The van der Waals surface area contributed by atoms with Crippen molar-refractivity contribution < 1.29 is 29.0 Å². The predicted molar refractivity (Wildman–Crippen MR) is 82.0 cm³/mol. The zero-order valence-electron chi connectivity index (χ0n) is 13.5. The Hall–Kier alpha value is -2.95. The summed E-state index contributed by atoms with van der Waals surface area (Å²) in [6.45, 7) is 6.74. The highest BCUT2D eigenvalue weighted by atomic mass is 16.5. The minimum absolute atomic E-state index is 0.0739. The maximum atomic E-state index is 10.6. The van der Waals surface area contributed by atoms with Crippen LogP contribution in [0.2, 0.25) is 0 Å². The van der Waals surface area contributed by atoms with Gasteiger partial charge in [-0.05, 0) is 12.8 Å². The number of carbonyl (C=O) groups excluding carboxylic acids is 3. The first-order valence-electron chi connectivity index (χ1n) is 6.61. The van der Waals surface area contributed by atoms with E-state index in [0.29, 0.717) is 13.0 Å². The topological polar surface area (TPSA) is 126 Å². The molecule has 2 N–H and O–H groups in total. The molecule has 126 valence electrons. The third-order valence-corrected chi connectivity index (χ3v) is 1.97. The zero-order valence-corrected chi connectivity index (χ0v) is 13.5. The smallest absolute Gasteiger partial charge is 0.353 e. The van der Waals surface area contributed by atoms with Crippen LogP contribution in [0.4, 0.5) is 0 Å². The van der Waals surface area contributed by atoms with Crippen LogP contribution in [-0.2, 0) is 14.3 Å². The molecular weight excluding hydrogens is 304 g/mol. The molecule has 0 amide bonds. The number of H-pyrrole nitrogens is 1. The van der Waals surface area contributed by atoms with Gasteiger partial charge in [0.15, 0.2) is 5.78 Å². The van der Waals surface area contributed by atoms with Gasteiger partial charge in [0.1, 0.15) is 11.4 Å². The molecule has 0 bridgehead atoms. The quantitative estimate of drug-likeness (QED) is 0.371. The highest BCUT2D eigenvalue weighted by molar-refractivity contribution is 5.95. The van der Waals surface area contributed by atoms with Gasteiger partial charge in [0.05, 0.1) is 6.61 Å². The van der Waals surface area contributed by atoms with Crippen molar-refractivity contribution in [3.05, 3.63) is 17.5 Å². The summed E-state index contributed by atoms with van der Waals surface area (Å²) in [5.41, 5.74) is 0.0672. The van der Waals surface area contributed by atoms with Gasteiger partial charge in [-0.1, -0.05) is 6.92 Å². The number of terminal acetylenes is 1. The Balaban J connectivity index is 0. The predicted octanol–water partition coefficient (Wildman–Crippen LogP) is 1.48. The second-order valence-corrected chi connectivity index (χ2v) is 3.89. The molecule has 0 fully saturated rings. The molecular formula is C15H20N2O6. The molecule has 0 aliphatic rings. The molecule has 0 atom stereocenters. The molecule has 1 aromatic heterocycles. The maximum absolute atomic E-state index is 10.6. The van der Waals surface area contributed by atoms with E-state index < -0.39 is 5.97 Å². The van der Waals surface area contributed by atoms with Gasteiger partial charge in [-0.15, -0.1) is 6.42 Å². The molecule has 8 nitrogen and oxygen atoms in total. The fraction of sp³-hybridized carbons (Fsp3) is 0.400. The molecule has 0 saturated carbocycles. The molecule has 23 heavy (non-hydrogen) atoms. The highest BCUT2D eigenvalue weighted by Gasteiger charge is 2.09. The second-order valence-electron chi connectivity index (χ2n) is 3.89. The van der Waals surface area contributed by atoms with Crippen molar-refractivity contribution in [2.45, 2.75) is 34.1 Å². The van der Waals surface area contributed by atoms with Gasteiger partial charge < -0.3 is 9.84 Å². The number of rotatable bonds is 4. The molecule has 8 heteroatoms. The summed E-state index contributed by atoms with van der Waals surface area (Å²) >= 11 is 0. The van der Waals surface area contributed by atoms with Gasteiger partial charge >= 0.3 is 11.9 Å². The number of carboxylic acid groups (broad SMARTS) is 1. The number of ether oxygens (including phenoxy) is 1. The lowest BCUT2D eigenvalue weighted by Gasteiger charge is -1.93. The Bertz CT molecular complexity index is 555. The van der Waals surface area contributed by atoms with E-state index in [0.717, 1.165) is 0 Å². The SMILES string of the molecule is C#CC(C)=O.CC(=O)c1cc(C(=O)O)[nH]n1.CCOC(=O)CC. The molecule has 0 aromatic carbocycles. The van der Waals surface area contributed by atoms with Gasteiger partial charge in [-0.3, -0.25) is 19.5 Å². The number of aromatic amines is 1. The van der Waals surface area contributed by atoms with Crippen LogP contribution in [0.5, 0.6) is 0 Å². The number of carbonyl (C=O) groups is 4. The van der Waals surface area contributed by atoms with Crippen molar-refractivity contribution >= 4 is 23.5 Å². The first kappa shape index (κ1) is 22.3. The van der Waals surface area contributed by atoms with Gasteiger partial charge in [-0.25, -0.2) is 4.79 Å². The summed E-state index contributed by atoms with van der Waals surface area (Å²) in [7, 11) is 0. The molecule has 0 saturated heterocycles. The Morgan fingerprint density at radius 2 is 1.83 bits per heavy atom. The van der Waals surface area contributed by atoms with E-state index in [9.17, 15) is 19.2 Å². The lowest BCUT2D eigenvalue weighted by atomic mass is 10.3. The number of aromatic carboxylic acids is 1. The summed E-state index contributed by atoms with van der Waals surface area (Å²) in [5, 5.41) is 14.1. The van der Waals surface area contributed by atoms with Crippen LogP contribution in [-0.4, -0.2) is 45.4 Å². The number of nitrogens with one attached hydrogen (secondary N) is 1. The molecule has 0 unspecified atom stereocenters. The van der Waals surface area contributed by atoms with Crippen molar-refractivity contribution in [2.24, 2.45) is 0 Å². The maximum Gasteiger partial charge on any atom is 0.353 e. The van der Waals surface area contributed by atoms with Gasteiger partial charge in [0, 0.05) is 26.3 Å². The number of aromatic nitrogens is 2. The van der Waals surface area contributed by atoms with E-state index in [1.54, 1.807) is 13.8 Å². The molecule has 0 aliphatic carbocycles. The Morgan fingerprint density at radius 3 is 2.00 bits per heavy atom. The number of carboxylic acids is 1. The van der Waals surface area contributed by atoms with Crippen molar-refractivity contribution in [3.8, 4) is 12.3 Å². The van der Waals surface area contributed by atoms with Crippen molar-refractivity contribution in [1.82, 2.24) is 10.2 Å². The summed E-state index contributed by atoms with van der Waals surface area (Å²) < 4.78 is 4.55. The minimum atomic E-state index is -1.12. The van der Waals surface area contributed by atoms with Crippen LogP contribution in [0.25, 0.3) is 0 Å². The number of esters is 1. The fourth-order valence-corrected chi connectivity index (χ4v) is 0.875.